The number of hydrogen-bond donors (Lipinski definition) is 1. The molecule has 1 fully saturated rings. The molecular formula is C25H38N2O2. The van der Waals surface area contributed by atoms with Gasteiger partial charge in [0.05, 0.1) is 12.6 Å². The van der Waals surface area contributed by atoms with Crippen LogP contribution >= 0.6 is 0 Å². The molecule has 160 valence electrons. The summed E-state index contributed by atoms with van der Waals surface area (Å²) >= 11 is 0. The zero-order valence-corrected chi connectivity index (χ0v) is 18.3. The van der Waals surface area contributed by atoms with E-state index < -0.39 is 0 Å². The molecule has 4 heteroatoms. The number of hydrogen-bond acceptors (Lipinski definition) is 3. The lowest BCUT2D eigenvalue weighted by Crippen LogP contribution is -2.46. The Kier molecular flexibility index (Phi) is 8.14. The maximum absolute atomic E-state index is 13.2. The summed E-state index contributed by atoms with van der Waals surface area (Å²) in [4.78, 5) is 28.0. The maximum Gasteiger partial charge on any atom is 0.220 e. The molecule has 0 saturated heterocycles. The van der Waals surface area contributed by atoms with Crippen LogP contribution in [-0.4, -0.2) is 30.8 Å². The molecule has 0 bridgehead atoms. The Morgan fingerprint density at radius 1 is 1.10 bits per heavy atom. The first-order chi connectivity index (χ1) is 14.0. The number of nitrogens with one attached hydrogen (secondary N) is 1. The second-order valence-electron chi connectivity index (χ2n) is 9.41. The summed E-state index contributed by atoms with van der Waals surface area (Å²) in [5, 5.41) is 3.09. The van der Waals surface area contributed by atoms with Crippen molar-refractivity contribution in [2.75, 3.05) is 18.0 Å². The van der Waals surface area contributed by atoms with Crippen LogP contribution in [0.2, 0.25) is 0 Å². The molecule has 1 aliphatic carbocycles. The van der Waals surface area contributed by atoms with E-state index in [4.69, 9.17) is 0 Å². The fourth-order valence-corrected chi connectivity index (χ4v) is 4.87. The zero-order valence-electron chi connectivity index (χ0n) is 18.3. The number of benzene rings is 1. The molecule has 1 aliphatic heterocycles. The van der Waals surface area contributed by atoms with Crippen molar-refractivity contribution >= 4 is 17.4 Å². The van der Waals surface area contributed by atoms with Crippen LogP contribution in [0.3, 0.4) is 0 Å². The summed E-state index contributed by atoms with van der Waals surface area (Å²) < 4.78 is 0. The molecule has 29 heavy (non-hydrogen) atoms. The third-order valence-corrected chi connectivity index (χ3v) is 6.49. The smallest absolute Gasteiger partial charge is 0.220 e. The van der Waals surface area contributed by atoms with Crippen LogP contribution in [0.1, 0.15) is 77.2 Å². The van der Waals surface area contributed by atoms with Gasteiger partial charge in [0, 0.05) is 18.7 Å². The molecule has 1 saturated carbocycles. The fraction of sp³-hybridized carbons (Fsp3) is 0.680. The monoisotopic (exact) mass is 398 g/mol. The number of ketones is 1. The third-order valence-electron chi connectivity index (χ3n) is 6.49. The average Bonchev–Trinajstić information content (AvgIpc) is 3.14. The molecule has 0 aromatic heterocycles. The highest BCUT2D eigenvalue weighted by molar-refractivity contribution is 5.92. The predicted molar refractivity (Wildman–Crippen MR) is 119 cm³/mol. The van der Waals surface area contributed by atoms with Crippen molar-refractivity contribution < 1.29 is 9.59 Å². The number of para-hydroxylation sites is 1. The molecule has 1 aromatic rings. The molecular weight excluding hydrogens is 360 g/mol. The van der Waals surface area contributed by atoms with E-state index in [2.05, 4.69) is 48.3 Å². The van der Waals surface area contributed by atoms with Gasteiger partial charge in [0.1, 0.15) is 0 Å². The van der Waals surface area contributed by atoms with E-state index in [1.165, 1.54) is 36.9 Å². The minimum atomic E-state index is -0.374. The number of anilines is 1. The van der Waals surface area contributed by atoms with E-state index in [1.54, 1.807) is 0 Å². The molecule has 0 spiro atoms. The van der Waals surface area contributed by atoms with Crippen molar-refractivity contribution in [2.45, 2.75) is 84.1 Å². The molecule has 1 aromatic carbocycles. The molecule has 1 heterocycles. The summed E-state index contributed by atoms with van der Waals surface area (Å²) in [7, 11) is 0. The minimum Gasteiger partial charge on any atom is -0.364 e. The molecule has 2 aliphatic rings. The van der Waals surface area contributed by atoms with Gasteiger partial charge < -0.3 is 10.2 Å². The normalized spacial score (nSPS) is 18.4. The van der Waals surface area contributed by atoms with E-state index >= 15 is 0 Å². The molecule has 1 atom stereocenters. The molecule has 1 N–H and O–H groups in total. The van der Waals surface area contributed by atoms with Gasteiger partial charge in [-0.3, -0.25) is 9.59 Å². The number of aryl methyl sites for hydroxylation is 1. The van der Waals surface area contributed by atoms with Gasteiger partial charge in [-0.15, -0.1) is 0 Å². The Balaban J connectivity index is 1.60. The van der Waals surface area contributed by atoms with Crippen LogP contribution < -0.4 is 10.2 Å². The van der Waals surface area contributed by atoms with Crippen LogP contribution in [0.25, 0.3) is 0 Å². The standard InChI is InChI=1S/C25H38N2O2/c1-19(2)17-22(26-25(29)15-14-20-9-3-4-10-20)24(28)18-27-16-8-7-12-21-11-5-6-13-23(21)27/h5-6,11,13,19-20,22H,3-4,7-10,12,14-18H2,1-2H3,(H,26,29). The predicted octanol–water partition coefficient (Wildman–Crippen LogP) is 4.90. The summed E-state index contributed by atoms with van der Waals surface area (Å²) in [5.74, 6) is 1.26. The summed E-state index contributed by atoms with van der Waals surface area (Å²) in [6.07, 6.45) is 10.7. The van der Waals surface area contributed by atoms with Crippen LogP contribution in [0.4, 0.5) is 5.69 Å². The second kappa shape index (κ2) is 10.8. The van der Waals surface area contributed by atoms with Gasteiger partial charge in [-0.25, -0.2) is 0 Å². The molecule has 0 radical (unpaired) electrons. The van der Waals surface area contributed by atoms with Crippen molar-refractivity contribution in [1.82, 2.24) is 5.32 Å². The quantitative estimate of drug-likeness (QED) is 0.644. The first-order valence-electron chi connectivity index (χ1n) is 11.7. The van der Waals surface area contributed by atoms with Crippen LogP contribution in [0, 0.1) is 11.8 Å². The first kappa shape index (κ1) is 21.9. The van der Waals surface area contributed by atoms with Crippen LogP contribution in [0.5, 0.6) is 0 Å². The van der Waals surface area contributed by atoms with Crippen molar-refractivity contribution in [3.05, 3.63) is 29.8 Å². The Bertz CT molecular complexity index is 679. The minimum absolute atomic E-state index is 0.0483. The highest BCUT2D eigenvalue weighted by atomic mass is 16.2. The highest BCUT2D eigenvalue weighted by Gasteiger charge is 2.26. The maximum atomic E-state index is 13.2. The van der Waals surface area contributed by atoms with Crippen molar-refractivity contribution in [1.29, 1.82) is 0 Å². The van der Waals surface area contributed by atoms with Gasteiger partial charge in [0.25, 0.3) is 0 Å². The van der Waals surface area contributed by atoms with Crippen LogP contribution in [0.15, 0.2) is 24.3 Å². The number of nitrogens with zero attached hydrogens (tertiary/aromatic N) is 1. The number of fused-ring (bicyclic) bond motifs is 1. The van der Waals surface area contributed by atoms with E-state index in [0.29, 0.717) is 31.2 Å². The molecule has 1 amide bonds. The lowest BCUT2D eigenvalue weighted by Gasteiger charge is -2.27. The lowest BCUT2D eigenvalue weighted by atomic mass is 9.98. The van der Waals surface area contributed by atoms with Crippen molar-refractivity contribution in [2.24, 2.45) is 11.8 Å². The zero-order chi connectivity index (χ0) is 20.6. The van der Waals surface area contributed by atoms with E-state index in [1.807, 2.05) is 0 Å². The van der Waals surface area contributed by atoms with Crippen molar-refractivity contribution in [3.8, 4) is 0 Å². The van der Waals surface area contributed by atoms with Gasteiger partial charge in [-0.1, -0.05) is 57.7 Å². The largest absolute Gasteiger partial charge is 0.364 e. The molecule has 1 unspecified atom stereocenters. The Morgan fingerprint density at radius 3 is 2.62 bits per heavy atom. The molecule has 3 rings (SSSR count). The fourth-order valence-electron chi connectivity index (χ4n) is 4.87. The Labute approximate surface area is 176 Å². The third kappa shape index (κ3) is 6.58. The van der Waals surface area contributed by atoms with Gasteiger partial charge in [-0.2, -0.15) is 0 Å². The van der Waals surface area contributed by atoms with Crippen molar-refractivity contribution in [3.63, 3.8) is 0 Å². The first-order valence-corrected chi connectivity index (χ1v) is 11.7. The summed E-state index contributed by atoms with van der Waals surface area (Å²) in [6, 6.07) is 8.07. The number of amides is 1. The number of carbonyl (C=O) groups excluding carboxylic acids is 2. The van der Waals surface area contributed by atoms with E-state index in [0.717, 1.165) is 32.2 Å². The SMILES string of the molecule is CC(C)CC(NC(=O)CCC1CCCC1)C(=O)CN1CCCCc2ccccc21. The van der Waals surface area contributed by atoms with Gasteiger partial charge in [0.2, 0.25) is 5.91 Å². The van der Waals surface area contributed by atoms with Crippen LogP contribution in [-0.2, 0) is 16.0 Å². The van der Waals surface area contributed by atoms with Gasteiger partial charge in [-0.05, 0) is 55.6 Å². The molecule has 4 nitrogen and oxygen atoms in total. The number of rotatable bonds is 9. The van der Waals surface area contributed by atoms with E-state index in [-0.39, 0.29) is 17.7 Å². The average molecular weight is 399 g/mol. The number of Topliss-reactive ketones (excluding diaryl/α,β-unsaturated/α-hetero) is 1. The van der Waals surface area contributed by atoms with Gasteiger partial charge in [0.15, 0.2) is 5.78 Å². The lowest BCUT2D eigenvalue weighted by molar-refractivity contribution is -0.127. The highest BCUT2D eigenvalue weighted by Crippen LogP contribution is 2.29. The topological polar surface area (TPSA) is 49.4 Å². The van der Waals surface area contributed by atoms with Gasteiger partial charge >= 0.3 is 0 Å². The van der Waals surface area contributed by atoms with E-state index in [9.17, 15) is 9.59 Å². The second-order valence-corrected chi connectivity index (χ2v) is 9.41. The summed E-state index contributed by atoms with van der Waals surface area (Å²) in [6.45, 7) is 5.53. The Morgan fingerprint density at radius 2 is 1.86 bits per heavy atom. The summed E-state index contributed by atoms with van der Waals surface area (Å²) in [5.41, 5.74) is 2.52. The Hall–Kier alpha value is -1.84. The number of carbonyl (C=O) groups is 2.